The third-order valence-electron chi connectivity index (χ3n) is 7.84. The normalized spacial score (nSPS) is 29.0. The number of hydrogen-bond acceptors (Lipinski definition) is 4. The lowest BCUT2D eigenvalue weighted by atomic mass is 9.49. The Bertz CT molecular complexity index is 918. The number of benzene rings is 1. The summed E-state index contributed by atoms with van der Waals surface area (Å²) in [5, 5.41) is 10.3. The molecule has 1 aromatic heterocycles. The predicted octanol–water partition coefficient (Wildman–Crippen LogP) is 3.56. The van der Waals surface area contributed by atoms with E-state index in [1.807, 2.05) is 31.2 Å². The van der Waals surface area contributed by atoms with Crippen molar-refractivity contribution in [1.82, 2.24) is 25.4 Å². The van der Waals surface area contributed by atoms with Gasteiger partial charge in [-0.1, -0.05) is 12.1 Å². The van der Waals surface area contributed by atoms with E-state index in [-0.39, 0.29) is 23.3 Å². The lowest BCUT2D eigenvalue weighted by Crippen LogP contribution is -2.53. The molecule has 4 saturated carbocycles. The Morgan fingerprint density at radius 3 is 2.34 bits per heavy atom. The molecule has 0 aliphatic heterocycles. The van der Waals surface area contributed by atoms with E-state index in [9.17, 15) is 9.59 Å². The van der Waals surface area contributed by atoms with Crippen LogP contribution < -0.4 is 10.6 Å². The second kappa shape index (κ2) is 8.68. The highest BCUT2D eigenvalue weighted by atomic mass is 16.2. The van der Waals surface area contributed by atoms with Gasteiger partial charge in [0.05, 0.1) is 11.7 Å². The zero-order chi connectivity index (χ0) is 22.1. The first kappa shape index (κ1) is 21.2. The Kier molecular flexibility index (Phi) is 5.74. The van der Waals surface area contributed by atoms with Gasteiger partial charge in [0.1, 0.15) is 12.7 Å². The summed E-state index contributed by atoms with van der Waals surface area (Å²) in [6.45, 7) is 2.56. The number of aromatic nitrogens is 3. The maximum atomic E-state index is 13.0. The largest absolute Gasteiger partial charge is 0.356 e. The van der Waals surface area contributed by atoms with Crippen LogP contribution in [-0.2, 0) is 9.59 Å². The molecule has 2 N–H and O–H groups in total. The van der Waals surface area contributed by atoms with Crippen LogP contribution in [0.4, 0.5) is 0 Å². The molecule has 7 heteroatoms. The molecule has 4 aliphatic rings. The second-order valence-electron chi connectivity index (χ2n) is 10.3. The Morgan fingerprint density at radius 2 is 1.75 bits per heavy atom. The molecule has 0 saturated heterocycles. The van der Waals surface area contributed by atoms with Gasteiger partial charge in [0, 0.05) is 18.4 Å². The fourth-order valence-electron chi connectivity index (χ4n) is 6.68. The minimum absolute atomic E-state index is 0.0157. The third-order valence-corrected chi connectivity index (χ3v) is 7.84. The molecule has 7 nitrogen and oxygen atoms in total. The summed E-state index contributed by atoms with van der Waals surface area (Å²) in [6, 6.07) is 7.84. The lowest BCUT2D eigenvalue weighted by Gasteiger charge is -2.55. The summed E-state index contributed by atoms with van der Waals surface area (Å²) < 4.78 is 1.70. The van der Waals surface area contributed by atoms with Crippen molar-refractivity contribution in [1.29, 1.82) is 0 Å². The highest BCUT2D eigenvalue weighted by molar-refractivity contribution is 5.83. The van der Waals surface area contributed by atoms with Crippen LogP contribution >= 0.6 is 0 Å². The first-order valence-electron chi connectivity index (χ1n) is 12.0. The molecular weight excluding hydrogens is 402 g/mol. The van der Waals surface area contributed by atoms with E-state index < -0.39 is 0 Å². The zero-order valence-corrected chi connectivity index (χ0v) is 18.8. The number of rotatable bonds is 8. The molecule has 1 heterocycles. The number of nitrogens with zero attached hydrogens (tertiary/aromatic N) is 3. The van der Waals surface area contributed by atoms with Gasteiger partial charge in [-0.25, -0.2) is 9.67 Å². The standard InChI is InChI=1S/C25H33N5O2/c1-17(21-4-6-22(7-5-21)30-16-26-15-28-30)29-23(31)3-2-8-27-24(32)25-12-18-9-19(13-25)11-20(10-18)14-25/h4-7,15-20H,2-3,8-14H2,1H3,(H,27,32)(H,29,31)/t17-,18?,19?,20?,25?/m1/s1. The fraction of sp³-hybridized carbons (Fsp3) is 0.600. The molecule has 32 heavy (non-hydrogen) atoms. The van der Waals surface area contributed by atoms with Gasteiger partial charge in [-0.15, -0.1) is 0 Å². The average Bonchev–Trinajstić information content (AvgIpc) is 3.31. The molecule has 1 atom stereocenters. The zero-order valence-electron chi connectivity index (χ0n) is 18.8. The van der Waals surface area contributed by atoms with Crippen LogP contribution in [0.3, 0.4) is 0 Å². The Morgan fingerprint density at radius 1 is 1.09 bits per heavy atom. The van der Waals surface area contributed by atoms with Gasteiger partial charge in [0.25, 0.3) is 0 Å². The van der Waals surface area contributed by atoms with E-state index in [4.69, 9.17) is 0 Å². The van der Waals surface area contributed by atoms with Gasteiger partial charge in [-0.2, -0.15) is 5.10 Å². The predicted molar refractivity (Wildman–Crippen MR) is 121 cm³/mol. The van der Waals surface area contributed by atoms with Crippen LogP contribution in [0.15, 0.2) is 36.9 Å². The molecule has 6 rings (SSSR count). The van der Waals surface area contributed by atoms with Crippen molar-refractivity contribution in [3.8, 4) is 5.69 Å². The monoisotopic (exact) mass is 435 g/mol. The molecular formula is C25H33N5O2. The lowest BCUT2D eigenvalue weighted by molar-refractivity contribution is -0.146. The first-order chi connectivity index (χ1) is 15.5. The van der Waals surface area contributed by atoms with E-state index in [1.165, 1.54) is 25.6 Å². The van der Waals surface area contributed by atoms with Crippen molar-refractivity contribution in [2.45, 2.75) is 64.3 Å². The molecule has 2 aromatic rings. The van der Waals surface area contributed by atoms with Crippen LogP contribution in [0.5, 0.6) is 0 Å². The van der Waals surface area contributed by atoms with E-state index in [0.717, 1.165) is 48.3 Å². The minimum atomic E-state index is -0.107. The quantitative estimate of drug-likeness (QED) is 0.621. The Hall–Kier alpha value is -2.70. The number of hydrogen-bond donors (Lipinski definition) is 2. The maximum Gasteiger partial charge on any atom is 0.226 e. The van der Waals surface area contributed by atoms with Crippen molar-refractivity contribution in [3.05, 3.63) is 42.5 Å². The third kappa shape index (κ3) is 4.30. The molecule has 0 unspecified atom stereocenters. The van der Waals surface area contributed by atoms with Gasteiger partial charge in [-0.3, -0.25) is 9.59 Å². The van der Waals surface area contributed by atoms with Crippen LogP contribution in [0.2, 0.25) is 0 Å². The molecule has 4 bridgehead atoms. The van der Waals surface area contributed by atoms with E-state index in [1.54, 1.807) is 11.0 Å². The highest BCUT2D eigenvalue weighted by Crippen LogP contribution is 2.60. The fourth-order valence-corrected chi connectivity index (χ4v) is 6.68. The van der Waals surface area contributed by atoms with Crippen LogP contribution in [0.1, 0.15) is 69.9 Å². The van der Waals surface area contributed by atoms with Crippen molar-refractivity contribution >= 4 is 11.8 Å². The number of nitrogens with one attached hydrogen (secondary N) is 2. The number of amides is 2. The van der Waals surface area contributed by atoms with Crippen LogP contribution in [-0.4, -0.2) is 33.1 Å². The van der Waals surface area contributed by atoms with Gasteiger partial charge >= 0.3 is 0 Å². The Labute approximate surface area is 189 Å². The van der Waals surface area contributed by atoms with E-state index >= 15 is 0 Å². The number of carbonyl (C=O) groups is 2. The smallest absolute Gasteiger partial charge is 0.226 e. The highest BCUT2D eigenvalue weighted by Gasteiger charge is 2.54. The summed E-state index contributed by atoms with van der Waals surface area (Å²) in [4.78, 5) is 29.4. The SMILES string of the molecule is C[C@@H](NC(=O)CCCNC(=O)C12CC3CC(CC(C3)C1)C2)c1ccc(-n2cncn2)cc1. The maximum absolute atomic E-state index is 13.0. The molecule has 0 spiro atoms. The van der Waals surface area contributed by atoms with Gasteiger partial charge < -0.3 is 10.6 Å². The summed E-state index contributed by atoms with van der Waals surface area (Å²) in [5.74, 6) is 2.57. The molecule has 4 aliphatic carbocycles. The summed E-state index contributed by atoms with van der Waals surface area (Å²) >= 11 is 0. The topological polar surface area (TPSA) is 88.9 Å². The second-order valence-corrected chi connectivity index (χ2v) is 10.3. The van der Waals surface area contributed by atoms with E-state index in [2.05, 4.69) is 20.7 Å². The van der Waals surface area contributed by atoms with Crippen molar-refractivity contribution in [3.63, 3.8) is 0 Å². The molecule has 0 radical (unpaired) electrons. The minimum Gasteiger partial charge on any atom is -0.356 e. The van der Waals surface area contributed by atoms with Crippen LogP contribution in [0.25, 0.3) is 5.69 Å². The summed E-state index contributed by atoms with van der Waals surface area (Å²) in [6.07, 6.45) is 11.5. The molecule has 2 amide bonds. The summed E-state index contributed by atoms with van der Waals surface area (Å²) in [5.41, 5.74) is 1.86. The first-order valence-corrected chi connectivity index (χ1v) is 12.0. The van der Waals surface area contributed by atoms with Gasteiger partial charge in [-0.05, 0) is 87.3 Å². The van der Waals surface area contributed by atoms with Gasteiger partial charge in [0.15, 0.2) is 0 Å². The molecule has 1 aromatic carbocycles. The van der Waals surface area contributed by atoms with Crippen molar-refractivity contribution < 1.29 is 9.59 Å². The van der Waals surface area contributed by atoms with Crippen molar-refractivity contribution in [2.75, 3.05) is 6.54 Å². The van der Waals surface area contributed by atoms with Crippen LogP contribution in [0, 0.1) is 23.2 Å². The number of carbonyl (C=O) groups excluding carboxylic acids is 2. The summed E-state index contributed by atoms with van der Waals surface area (Å²) in [7, 11) is 0. The van der Waals surface area contributed by atoms with E-state index in [0.29, 0.717) is 19.4 Å². The van der Waals surface area contributed by atoms with Crippen molar-refractivity contribution in [2.24, 2.45) is 23.2 Å². The average molecular weight is 436 g/mol. The van der Waals surface area contributed by atoms with Gasteiger partial charge in [0.2, 0.25) is 11.8 Å². The molecule has 170 valence electrons. The molecule has 4 fully saturated rings. The Balaban J connectivity index is 1.05.